The van der Waals surface area contributed by atoms with Crippen molar-refractivity contribution in [2.75, 3.05) is 13.2 Å². The summed E-state index contributed by atoms with van der Waals surface area (Å²) in [7, 11) is 2.92. The van der Waals surface area contributed by atoms with Gasteiger partial charge in [0.15, 0.2) is 22.7 Å². The second-order valence-electron chi connectivity index (χ2n) is 6.55. The molecule has 10 nitrogen and oxygen atoms in total. The summed E-state index contributed by atoms with van der Waals surface area (Å²) in [5.74, 6) is 1.01. The molecule has 0 saturated carbocycles. The number of nitrogens with one attached hydrogen (secondary N) is 1. The summed E-state index contributed by atoms with van der Waals surface area (Å²) >= 11 is 0. The highest BCUT2D eigenvalue weighted by molar-refractivity contribution is 5.78. The summed E-state index contributed by atoms with van der Waals surface area (Å²) < 4.78 is 15.1. The van der Waals surface area contributed by atoms with Gasteiger partial charge in [-0.15, -0.1) is 0 Å². The van der Waals surface area contributed by atoms with Crippen molar-refractivity contribution in [3.8, 4) is 11.5 Å². The summed E-state index contributed by atoms with van der Waals surface area (Å²) in [4.78, 5) is 40.8. The molecule has 0 radical (unpaired) electrons. The molecule has 0 bridgehead atoms. The average molecular weight is 385 g/mol. The average Bonchev–Trinajstić information content (AvgIpc) is 3.12. The fourth-order valence-corrected chi connectivity index (χ4v) is 3.12. The van der Waals surface area contributed by atoms with Gasteiger partial charge < -0.3 is 19.4 Å². The van der Waals surface area contributed by atoms with Crippen molar-refractivity contribution in [3.05, 3.63) is 51.4 Å². The molecule has 0 saturated heterocycles. The van der Waals surface area contributed by atoms with Gasteiger partial charge in [0.2, 0.25) is 5.91 Å². The highest BCUT2D eigenvalue weighted by atomic mass is 16.6. The van der Waals surface area contributed by atoms with Crippen molar-refractivity contribution in [1.29, 1.82) is 0 Å². The van der Waals surface area contributed by atoms with E-state index < -0.39 is 11.2 Å². The lowest BCUT2D eigenvalue weighted by molar-refractivity contribution is -0.122. The minimum atomic E-state index is -0.496. The van der Waals surface area contributed by atoms with E-state index in [0.29, 0.717) is 18.1 Å². The molecule has 4 rings (SSSR count). The number of amides is 1. The Kier molecular flexibility index (Phi) is 4.38. The number of rotatable bonds is 4. The largest absolute Gasteiger partial charge is 0.486 e. The number of nitrogens with zero attached hydrogens (tertiary/aromatic N) is 4. The molecule has 1 amide bonds. The molecule has 3 aromatic rings. The fourth-order valence-electron chi connectivity index (χ4n) is 3.12. The number of aromatic nitrogens is 4. The van der Waals surface area contributed by atoms with Crippen LogP contribution in [0.1, 0.15) is 0 Å². The zero-order valence-electron chi connectivity index (χ0n) is 15.4. The molecule has 2 aromatic heterocycles. The maximum absolute atomic E-state index is 12.4. The predicted molar refractivity (Wildman–Crippen MR) is 99.6 cm³/mol. The summed E-state index contributed by atoms with van der Waals surface area (Å²) in [6.45, 7) is 0.484. The van der Waals surface area contributed by atoms with Crippen LogP contribution >= 0.6 is 0 Å². The first kappa shape index (κ1) is 17.8. The van der Waals surface area contributed by atoms with Gasteiger partial charge in [0, 0.05) is 14.1 Å². The molecule has 3 heterocycles. The number of ether oxygens (including phenoxy) is 2. The van der Waals surface area contributed by atoms with Crippen molar-refractivity contribution >= 4 is 17.1 Å². The van der Waals surface area contributed by atoms with Crippen LogP contribution in [0.2, 0.25) is 0 Å². The van der Waals surface area contributed by atoms with E-state index in [2.05, 4.69) is 10.3 Å². The second kappa shape index (κ2) is 6.87. The van der Waals surface area contributed by atoms with Gasteiger partial charge in [-0.3, -0.25) is 18.7 Å². The Hall–Kier alpha value is -3.56. The van der Waals surface area contributed by atoms with Crippen LogP contribution < -0.4 is 26.0 Å². The van der Waals surface area contributed by atoms with E-state index in [9.17, 15) is 14.4 Å². The van der Waals surface area contributed by atoms with Gasteiger partial charge in [-0.25, -0.2) is 9.78 Å². The number of carbonyl (C=O) groups is 1. The Morgan fingerprint density at radius 1 is 1.21 bits per heavy atom. The molecule has 146 valence electrons. The number of carbonyl (C=O) groups excluding carboxylic acids is 1. The first-order valence-electron chi connectivity index (χ1n) is 8.71. The zero-order valence-corrected chi connectivity index (χ0v) is 15.4. The maximum Gasteiger partial charge on any atom is 0.332 e. The van der Waals surface area contributed by atoms with Crippen LogP contribution in [-0.2, 0) is 25.4 Å². The number of imidazole rings is 1. The third kappa shape index (κ3) is 3.02. The molecule has 1 aromatic carbocycles. The van der Waals surface area contributed by atoms with Crippen molar-refractivity contribution in [2.45, 2.75) is 12.6 Å². The van der Waals surface area contributed by atoms with Crippen LogP contribution in [0.25, 0.3) is 11.2 Å². The summed E-state index contributed by atoms with van der Waals surface area (Å²) in [5.41, 5.74) is -0.529. The van der Waals surface area contributed by atoms with E-state index in [4.69, 9.17) is 9.47 Å². The lowest BCUT2D eigenvalue weighted by atomic mass is 10.2. The van der Waals surface area contributed by atoms with Gasteiger partial charge in [-0.2, -0.15) is 0 Å². The van der Waals surface area contributed by atoms with Crippen LogP contribution in [-0.4, -0.2) is 43.8 Å². The van der Waals surface area contributed by atoms with Gasteiger partial charge in [0.1, 0.15) is 19.3 Å². The standard InChI is InChI=1S/C18H19N5O5/c1-21-16-15(17(25)22(2)18(21)26)23(10-20-16)8-14(24)19-7-11-9-27-12-5-3-4-6-13(12)28-11/h3-6,10-11H,7-9H2,1-2H3,(H,19,24). The third-order valence-electron chi connectivity index (χ3n) is 4.63. The Balaban J connectivity index is 1.45. The van der Waals surface area contributed by atoms with Gasteiger partial charge >= 0.3 is 5.69 Å². The van der Waals surface area contributed by atoms with Crippen LogP contribution in [0, 0.1) is 0 Å². The van der Waals surface area contributed by atoms with Gasteiger partial charge in [0.05, 0.1) is 12.9 Å². The number of para-hydroxylation sites is 2. The van der Waals surface area contributed by atoms with E-state index in [-0.39, 0.29) is 36.3 Å². The number of aryl methyl sites for hydroxylation is 1. The molecule has 1 aliphatic rings. The second-order valence-corrected chi connectivity index (χ2v) is 6.55. The highest BCUT2D eigenvalue weighted by Gasteiger charge is 2.21. The zero-order chi connectivity index (χ0) is 19.8. The van der Waals surface area contributed by atoms with Crippen molar-refractivity contribution in [1.82, 2.24) is 24.0 Å². The van der Waals surface area contributed by atoms with Crippen molar-refractivity contribution in [3.63, 3.8) is 0 Å². The number of hydrogen-bond donors (Lipinski definition) is 1. The van der Waals surface area contributed by atoms with E-state index in [1.165, 1.54) is 29.6 Å². The van der Waals surface area contributed by atoms with Gasteiger partial charge in [0.25, 0.3) is 5.56 Å². The van der Waals surface area contributed by atoms with Gasteiger partial charge in [-0.1, -0.05) is 12.1 Å². The number of fused-ring (bicyclic) bond motifs is 2. The SMILES string of the molecule is Cn1c(=O)c2c(ncn2CC(=O)NCC2COc3ccccc3O2)n(C)c1=O. The van der Waals surface area contributed by atoms with Gasteiger partial charge in [-0.05, 0) is 12.1 Å². The normalized spacial score (nSPS) is 15.6. The van der Waals surface area contributed by atoms with Crippen LogP contribution in [0.4, 0.5) is 0 Å². The van der Waals surface area contributed by atoms with Crippen molar-refractivity contribution in [2.24, 2.45) is 14.1 Å². The lowest BCUT2D eigenvalue weighted by Gasteiger charge is -2.26. The molecule has 1 aliphatic heterocycles. The first-order valence-corrected chi connectivity index (χ1v) is 8.71. The molecule has 1 atom stereocenters. The molecule has 28 heavy (non-hydrogen) atoms. The molecule has 0 fully saturated rings. The van der Waals surface area contributed by atoms with E-state index in [1.807, 2.05) is 18.2 Å². The Morgan fingerprint density at radius 3 is 2.75 bits per heavy atom. The fraction of sp³-hybridized carbons (Fsp3) is 0.333. The topological polar surface area (TPSA) is 109 Å². The monoisotopic (exact) mass is 385 g/mol. The van der Waals surface area contributed by atoms with Crippen molar-refractivity contribution < 1.29 is 14.3 Å². The molecular formula is C18H19N5O5. The Morgan fingerprint density at radius 2 is 1.96 bits per heavy atom. The number of hydrogen-bond acceptors (Lipinski definition) is 6. The predicted octanol–water partition coefficient (Wildman–Crippen LogP) is -0.610. The Labute approximate surface area is 158 Å². The quantitative estimate of drug-likeness (QED) is 0.642. The summed E-state index contributed by atoms with van der Waals surface area (Å²) in [5, 5.41) is 2.78. The summed E-state index contributed by atoms with van der Waals surface area (Å²) in [6.07, 6.45) is 1.06. The lowest BCUT2D eigenvalue weighted by Crippen LogP contribution is -2.42. The Bertz CT molecular complexity index is 1180. The van der Waals surface area contributed by atoms with Crippen LogP contribution in [0.3, 0.4) is 0 Å². The van der Waals surface area contributed by atoms with E-state index >= 15 is 0 Å². The maximum atomic E-state index is 12.4. The van der Waals surface area contributed by atoms with Crippen LogP contribution in [0.15, 0.2) is 40.2 Å². The van der Waals surface area contributed by atoms with E-state index in [0.717, 1.165) is 4.57 Å². The minimum absolute atomic E-state index is 0.103. The highest BCUT2D eigenvalue weighted by Crippen LogP contribution is 2.30. The molecular weight excluding hydrogens is 366 g/mol. The number of benzene rings is 1. The minimum Gasteiger partial charge on any atom is -0.486 e. The third-order valence-corrected chi connectivity index (χ3v) is 4.63. The first-order chi connectivity index (χ1) is 13.5. The van der Waals surface area contributed by atoms with Crippen LogP contribution in [0.5, 0.6) is 11.5 Å². The molecule has 1 N–H and O–H groups in total. The smallest absolute Gasteiger partial charge is 0.332 e. The summed E-state index contributed by atoms with van der Waals surface area (Å²) in [6, 6.07) is 7.34. The molecule has 1 unspecified atom stereocenters. The molecule has 10 heteroatoms. The molecule has 0 aliphatic carbocycles. The van der Waals surface area contributed by atoms with E-state index in [1.54, 1.807) is 6.07 Å². The molecule has 0 spiro atoms.